The lowest BCUT2D eigenvalue weighted by molar-refractivity contribution is -0.140. The number of hydrogen-bond acceptors (Lipinski definition) is 9. The van der Waals surface area contributed by atoms with Crippen LogP contribution < -0.4 is 20.1 Å². The van der Waals surface area contributed by atoms with Gasteiger partial charge in [0.25, 0.3) is 5.91 Å². The number of hydrogen-bond donors (Lipinski definition) is 3. The van der Waals surface area contributed by atoms with E-state index < -0.39 is 50.6 Å². The lowest BCUT2D eigenvalue weighted by atomic mass is 9.93. The molecule has 1 aromatic heterocycles. The molecule has 1 aromatic rings. The Morgan fingerprint density at radius 2 is 1.95 bits per heavy atom. The van der Waals surface area contributed by atoms with E-state index in [1.54, 1.807) is 24.2 Å². The Balaban J connectivity index is 1.37. The maximum atomic E-state index is 13.8. The van der Waals surface area contributed by atoms with Crippen molar-refractivity contribution in [2.24, 2.45) is 17.8 Å². The number of carbonyl (C=O) groups excluding carboxylic acids is 3. The maximum absolute atomic E-state index is 13.8. The molecule has 224 valence electrons. The summed E-state index contributed by atoms with van der Waals surface area (Å²) in [6.07, 6.45) is 9.35. The van der Waals surface area contributed by atoms with Crippen molar-refractivity contribution in [2.75, 3.05) is 18.9 Å². The minimum Gasteiger partial charge on any atom is -0.474 e. The molecule has 13 heteroatoms. The van der Waals surface area contributed by atoms with Gasteiger partial charge in [0.1, 0.15) is 11.6 Å². The van der Waals surface area contributed by atoms with Gasteiger partial charge in [-0.05, 0) is 65.2 Å². The molecule has 0 bridgehead atoms. The van der Waals surface area contributed by atoms with Crippen LogP contribution in [0.1, 0.15) is 65.2 Å². The molecule has 4 aliphatic rings. The number of allylic oxidation sites excluding steroid dienone is 1. The van der Waals surface area contributed by atoms with Gasteiger partial charge in [-0.3, -0.25) is 19.1 Å². The third kappa shape index (κ3) is 6.65. The summed E-state index contributed by atoms with van der Waals surface area (Å²) < 4.78 is 33.5. The van der Waals surface area contributed by atoms with E-state index in [1.165, 1.54) is 0 Å². The van der Waals surface area contributed by atoms with Crippen LogP contribution in [0.4, 0.5) is 5.95 Å². The predicted octanol–water partition coefficient (Wildman–Crippen LogP) is 1.75. The topological polar surface area (TPSA) is 160 Å². The van der Waals surface area contributed by atoms with Gasteiger partial charge in [0.2, 0.25) is 33.7 Å². The van der Waals surface area contributed by atoms with Gasteiger partial charge < -0.3 is 20.3 Å². The molecule has 5 atom stereocenters. The highest BCUT2D eigenvalue weighted by Gasteiger charge is 2.62. The normalized spacial score (nSPS) is 30.6. The molecule has 3 N–H and O–H groups in total. The minimum absolute atomic E-state index is 0.128. The van der Waals surface area contributed by atoms with Crippen LogP contribution in [0.2, 0.25) is 0 Å². The fraction of sp³-hybridized carbons (Fsp3) is 0.679. The zero-order valence-corrected chi connectivity index (χ0v) is 24.7. The van der Waals surface area contributed by atoms with E-state index in [-0.39, 0.29) is 24.3 Å². The van der Waals surface area contributed by atoms with E-state index in [0.29, 0.717) is 44.1 Å². The lowest BCUT2D eigenvalue weighted by Crippen LogP contribution is -2.54. The second-order valence-corrected chi connectivity index (χ2v) is 14.0. The maximum Gasteiger partial charge on any atom is 0.259 e. The van der Waals surface area contributed by atoms with Crippen molar-refractivity contribution in [3.8, 4) is 5.88 Å². The highest BCUT2D eigenvalue weighted by Crippen LogP contribution is 2.47. The van der Waals surface area contributed by atoms with Crippen molar-refractivity contribution < 1.29 is 27.5 Å². The van der Waals surface area contributed by atoms with Gasteiger partial charge >= 0.3 is 0 Å². The first-order valence-corrected chi connectivity index (χ1v) is 16.1. The Morgan fingerprint density at radius 1 is 1.20 bits per heavy atom. The van der Waals surface area contributed by atoms with Crippen molar-refractivity contribution in [1.82, 2.24) is 24.9 Å². The molecule has 0 radical (unpaired) electrons. The molecule has 5 rings (SSSR count). The number of sulfonamides is 1. The largest absolute Gasteiger partial charge is 0.474 e. The standard InChI is InChI=1S/C28H40N6O6S/c1-17(2)30-27-29-12-11-23(31-27)40-19-14-21-22(15-19)25(36)34(3)13-7-5-4-6-8-18-16-28(18,32-24(21)35)26(37)33-41(38,39)20-9-10-20/h6,8,11-12,17-22H,4-5,7,9-10,13-16H2,1-3H3,(H,32,35)(H,33,37)(H,29,30,31). The minimum atomic E-state index is -3.79. The van der Waals surface area contributed by atoms with E-state index in [4.69, 9.17) is 4.74 Å². The van der Waals surface area contributed by atoms with E-state index in [0.717, 1.165) is 19.3 Å². The zero-order chi connectivity index (χ0) is 29.4. The number of nitrogens with one attached hydrogen (secondary N) is 3. The Bertz CT molecular complexity index is 1310. The quantitative estimate of drug-likeness (QED) is 0.403. The summed E-state index contributed by atoms with van der Waals surface area (Å²) in [6, 6.07) is 1.77. The monoisotopic (exact) mass is 588 g/mol. The van der Waals surface area contributed by atoms with Crippen LogP contribution in [0.15, 0.2) is 24.4 Å². The summed E-state index contributed by atoms with van der Waals surface area (Å²) in [7, 11) is -2.04. The van der Waals surface area contributed by atoms with Crippen LogP contribution in [0.5, 0.6) is 5.88 Å². The summed E-state index contributed by atoms with van der Waals surface area (Å²) in [5, 5.41) is 5.46. The van der Waals surface area contributed by atoms with Crippen molar-refractivity contribution in [3.05, 3.63) is 24.4 Å². The average Bonchev–Trinajstić information content (AvgIpc) is 3.82. The molecule has 5 unspecified atom stereocenters. The van der Waals surface area contributed by atoms with Crippen LogP contribution in [0.25, 0.3) is 0 Å². The Labute approximate surface area is 241 Å². The number of anilines is 1. The van der Waals surface area contributed by atoms with Crippen LogP contribution >= 0.6 is 0 Å². The van der Waals surface area contributed by atoms with Gasteiger partial charge in [0, 0.05) is 37.8 Å². The number of nitrogens with zero attached hydrogens (tertiary/aromatic N) is 3. The lowest BCUT2D eigenvalue weighted by Gasteiger charge is -2.26. The average molecular weight is 589 g/mol. The van der Waals surface area contributed by atoms with Crippen LogP contribution in [-0.2, 0) is 24.4 Å². The van der Waals surface area contributed by atoms with Crippen LogP contribution in [-0.4, -0.2) is 77.5 Å². The summed E-state index contributed by atoms with van der Waals surface area (Å²) in [5.41, 5.74) is -1.36. The summed E-state index contributed by atoms with van der Waals surface area (Å²) in [5.74, 6) is -2.25. The third-order valence-corrected chi connectivity index (χ3v) is 10.2. The smallest absolute Gasteiger partial charge is 0.259 e. The van der Waals surface area contributed by atoms with Gasteiger partial charge in [-0.1, -0.05) is 12.2 Å². The summed E-state index contributed by atoms with van der Waals surface area (Å²) in [6.45, 7) is 4.52. The molecule has 3 aliphatic carbocycles. The molecular weight excluding hydrogens is 548 g/mol. The number of aromatic nitrogens is 2. The molecule has 0 spiro atoms. The number of amides is 3. The first-order chi connectivity index (χ1) is 19.5. The Morgan fingerprint density at radius 3 is 2.68 bits per heavy atom. The van der Waals surface area contributed by atoms with Gasteiger partial charge in [-0.15, -0.1) is 0 Å². The molecule has 2 heterocycles. The third-order valence-electron chi connectivity index (χ3n) is 8.33. The molecule has 3 amide bonds. The highest BCUT2D eigenvalue weighted by atomic mass is 32.2. The number of carbonyl (C=O) groups is 3. The highest BCUT2D eigenvalue weighted by molar-refractivity contribution is 7.91. The predicted molar refractivity (Wildman–Crippen MR) is 151 cm³/mol. The van der Waals surface area contributed by atoms with Gasteiger partial charge in [0.05, 0.1) is 17.1 Å². The van der Waals surface area contributed by atoms with Crippen molar-refractivity contribution in [2.45, 2.75) is 88.1 Å². The fourth-order valence-electron chi connectivity index (χ4n) is 5.80. The fourth-order valence-corrected chi connectivity index (χ4v) is 7.16. The van der Waals surface area contributed by atoms with Crippen molar-refractivity contribution >= 4 is 33.7 Å². The van der Waals surface area contributed by atoms with Crippen LogP contribution in [0.3, 0.4) is 0 Å². The molecule has 12 nitrogen and oxygen atoms in total. The first kappa shape index (κ1) is 29.3. The van der Waals surface area contributed by atoms with E-state index in [1.807, 2.05) is 26.0 Å². The molecule has 0 aromatic carbocycles. The van der Waals surface area contributed by atoms with E-state index in [9.17, 15) is 22.8 Å². The second-order valence-electron chi connectivity index (χ2n) is 12.1. The first-order valence-electron chi connectivity index (χ1n) is 14.5. The molecule has 3 fully saturated rings. The van der Waals surface area contributed by atoms with E-state index >= 15 is 0 Å². The summed E-state index contributed by atoms with van der Waals surface area (Å²) in [4.78, 5) is 51.0. The zero-order valence-electron chi connectivity index (χ0n) is 23.8. The molecule has 0 saturated heterocycles. The number of rotatable bonds is 7. The Kier molecular flexibility index (Phi) is 8.27. The van der Waals surface area contributed by atoms with Crippen molar-refractivity contribution in [1.29, 1.82) is 0 Å². The Hall–Kier alpha value is -3.22. The van der Waals surface area contributed by atoms with Gasteiger partial charge in [-0.25, -0.2) is 13.4 Å². The molecular formula is C28H40N6O6S. The van der Waals surface area contributed by atoms with Gasteiger partial charge in [0.15, 0.2) is 0 Å². The number of fused-ring (bicyclic) bond motifs is 2. The molecule has 1 aliphatic heterocycles. The molecule has 41 heavy (non-hydrogen) atoms. The van der Waals surface area contributed by atoms with Gasteiger partial charge in [-0.2, -0.15) is 4.98 Å². The van der Waals surface area contributed by atoms with Crippen LogP contribution in [0, 0.1) is 17.8 Å². The summed E-state index contributed by atoms with van der Waals surface area (Å²) >= 11 is 0. The number of ether oxygens (including phenoxy) is 1. The molecule has 3 saturated carbocycles. The second kappa shape index (κ2) is 11.6. The van der Waals surface area contributed by atoms with Crippen molar-refractivity contribution in [3.63, 3.8) is 0 Å². The SMILES string of the molecule is CC(C)Nc1nccc(OC2CC3C(=O)NC4(C(=O)NS(=O)(=O)C5CC5)CC4C=CCCCCN(C)C(=O)C3C2)n1. The van der Waals surface area contributed by atoms with E-state index in [2.05, 4.69) is 25.3 Å².